The Morgan fingerprint density at radius 2 is 1.87 bits per heavy atom. The maximum absolute atomic E-state index is 17.6. The van der Waals surface area contributed by atoms with E-state index in [-0.39, 0.29) is 24.8 Å². The highest BCUT2D eigenvalue weighted by Gasteiger charge is 2.80. The van der Waals surface area contributed by atoms with E-state index in [1.807, 2.05) is 48.5 Å². The number of carbonyl (C=O) groups excluding carboxylic acids is 2. The van der Waals surface area contributed by atoms with Crippen molar-refractivity contribution in [3.63, 3.8) is 0 Å². The molecule has 5 aliphatic rings. The maximum Gasteiger partial charge on any atom is 0.226 e. The Balaban J connectivity index is 1.22. The van der Waals surface area contributed by atoms with Crippen molar-refractivity contribution >= 4 is 28.3 Å². The number of hydrogen-bond acceptors (Lipinski definition) is 7. The van der Waals surface area contributed by atoms with Crippen molar-refractivity contribution in [1.82, 2.24) is 0 Å². The second-order valence-electron chi connectivity index (χ2n) is 13.6. The molecule has 4 aliphatic carbocycles. The number of fused-ring (bicyclic) bond motifs is 7. The largest absolute Gasteiger partial charge is 0.399 e. The normalized spacial score (nSPS) is 41.6. The zero-order chi connectivity index (χ0) is 31.9. The highest BCUT2D eigenvalue weighted by molar-refractivity contribution is 8.13. The SMILES string of the molecule is C[C@]12C=CC(=O)C=C1[C@@H](F)C[C@H]1[C@@H]3C[C@H]4OC(c5ccc(Cc6cccc(N)c6)cc5)O[C@@]4(C(=O)SCF)[C@@]3(C)C[C@H](O)[C@@]12F. The van der Waals surface area contributed by atoms with Gasteiger partial charge in [0, 0.05) is 28.0 Å². The Labute approximate surface area is 264 Å². The van der Waals surface area contributed by atoms with Crippen molar-refractivity contribution in [3.8, 4) is 0 Å². The smallest absolute Gasteiger partial charge is 0.226 e. The average Bonchev–Trinajstić information content (AvgIpc) is 3.50. The summed E-state index contributed by atoms with van der Waals surface area (Å²) in [6, 6.07) is 14.2. The number of carbonyl (C=O) groups is 2. The fraction of sp³-hybridized carbons (Fsp3) is 0.486. The molecule has 1 aliphatic heterocycles. The van der Waals surface area contributed by atoms with Gasteiger partial charge in [0.15, 0.2) is 23.3 Å². The van der Waals surface area contributed by atoms with Crippen LogP contribution in [0.25, 0.3) is 0 Å². The van der Waals surface area contributed by atoms with Crippen LogP contribution in [-0.2, 0) is 25.5 Å². The Morgan fingerprint density at radius 1 is 1.11 bits per heavy atom. The van der Waals surface area contributed by atoms with Crippen molar-refractivity contribution in [2.75, 3.05) is 11.7 Å². The minimum atomic E-state index is -2.31. The molecule has 0 aromatic heterocycles. The van der Waals surface area contributed by atoms with Gasteiger partial charge < -0.3 is 20.3 Å². The second-order valence-corrected chi connectivity index (χ2v) is 14.5. The van der Waals surface area contributed by atoms with Gasteiger partial charge in [-0.05, 0) is 79.5 Å². The number of nitrogens with two attached hydrogens (primary N) is 1. The number of ether oxygens (including phenoxy) is 2. The number of alkyl halides is 3. The number of aliphatic hydroxyl groups is 1. The zero-order valence-electron chi connectivity index (χ0n) is 25.1. The van der Waals surface area contributed by atoms with Crippen molar-refractivity contribution < 1.29 is 37.3 Å². The van der Waals surface area contributed by atoms with Gasteiger partial charge in [-0.1, -0.05) is 61.2 Å². The van der Waals surface area contributed by atoms with Crippen molar-refractivity contribution in [1.29, 1.82) is 0 Å². The van der Waals surface area contributed by atoms with E-state index in [9.17, 15) is 19.1 Å². The molecule has 1 saturated heterocycles. The van der Waals surface area contributed by atoms with Crippen LogP contribution in [0.15, 0.2) is 72.3 Å². The van der Waals surface area contributed by atoms with Gasteiger partial charge in [0.05, 0.1) is 12.2 Å². The maximum atomic E-state index is 17.6. The van der Waals surface area contributed by atoms with Gasteiger partial charge in [0.25, 0.3) is 0 Å². The molecule has 6 nitrogen and oxygen atoms in total. The van der Waals surface area contributed by atoms with Crippen LogP contribution >= 0.6 is 11.8 Å². The topological polar surface area (TPSA) is 98.9 Å². The van der Waals surface area contributed by atoms with E-state index in [2.05, 4.69) is 0 Å². The minimum absolute atomic E-state index is 0.0279. The summed E-state index contributed by atoms with van der Waals surface area (Å²) in [6.07, 6.45) is -0.903. The third kappa shape index (κ3) is 4.21. The Morgan fingerprint density at radius 3 is 2.58 bits per heavy atom. The first-order valence-corrected chi connectivity index (χ1v) is 16.3. The molecule has 1 heterocycles. The van der Waals surface area contributed by atoms with Crippen LogP contribution in [-0.4, -0.2) is 51.7 Å². The summed E-state index contributed by atoms with van der Waals surface area (Å²) in [4.78, 5) is 26.0. The fourth-order valence-electron chi connectivity index (χ4n) is 9.33. The number of halogens is 3. The Bertz CT molecular complexity index is 1620. The molecule has 1 unspecified atom stereocenters. The van der Waals surface area contributed by atoms with E-state index in [1.54, 1.807) is 6.92 Å². The lowest BCUT2D eigenvalue weighted by Crippen LogP contribution is -2.70. The lowest BCUT2D eigenvalue weighted by molar-refractivity contribution is -0.232. The van der Waals surface area contributed by atoms with Crippen molar-refractivity contribution in [2.24, 2.45) is 22.7 Å². The number of thioether (sulfide) groups is 1. The van der Waals surface area contributed by atoms with Gasteiger partial charge >= 0.3 is 0 Å². The standard InChI is InChI=1S/C35H36F3NO5S/c1-32-11-10-23(40)14-26(32)27(37)15-25-24-16-29-35(31(42)45-18-36,33(24,2)17-28(41)34(25,32)38)44-30(43-29)21-8-6-19(7-9-21)12-20-4-3-5-22(39)13-20/h3-11,13-14,24-25,27-30,41H,12,15-18,39H2,1-2H3/t24-,25-,27-,28-,29+,30?,32-,33-,34-,35-/m0/s1. The highest BCUT2D eigenvalue weighted by Crippen LogP contribution is 2.73. The number of nitrogen functional groups attached to an aromatic ring is 1. The molecule has 0 radical (unpaired) electrons. The first kappa shape index (κ1) is 30.7. The van der Waals surface area contributed by atoms with Crippen LogP contribution in [0.1, 0.15) is 56.1 Å². The third-order valence-electron chi connectivity index (χ3n) is 11.5. The molecule has 4 fully saturated rings. The zero-order valence-corrected chi connectivity index (χ0v) is 25.9. The third-order valence-corrected chi connectivity index (χ3v) is 12.1. The van der Waals surface area contributed by atoms with Crippen molar-refractivity contribution in [3.05, 3.63) is 89.0 Å². The number of aliphatic hydroxyl groups excluding tert-OH is 1. The van der Waals surface area contributed by atoms with Gasteiger partial charge in [-0.3, -0.25) is 9.59 Å². The van der Waals surface area contributed by atoms with Gasteiger partial charge in [-0.2, -0.15) is 0 Å². The van der Waals surface area contributed by atoms with Crippen LogP contribution in [0.3, 0.4) is 0 Å². The molecule has 10 atom stereocenters. The second kappa shape index (κ2) is 10.6. The molecule has 2 aromatic carbocycles. The van der Waals surface area contributed by atoms with E-state index < -0.39 is 75.5 Å². The number of anilines is 1. The van der Waals surface area contributed by atoms with Crippen LogP contribution < -0.4 is 5.73 Å². The quantitative estimate of drug-likeness (QED) is 0.380. The first-order valence-electron chi connectivity index (χ1n) is 15.3. The fourth-order valence-corrected chi connectivity index (χ4v) is 10.1. The summed E-state index contributed by atoms with van der Waals surface area (Å²) < 4.78 is 60.2. The summed E-state index contributed by atoms with van der Waals surface area (Å²) in [7, 11) is 0. The van der Waals surface area contributed by atoms with Crippen LogP contribution in [0.4, 0.5) is 18.9 Å². The van der Waals surface area contributed by atoms with E-state index in [0.717, 1.165) is 17.2 Å². The van der Waals surface area contributed by atoms with E-state index in [1.165, 1.54) is 19.1 Å². The van der Waals surface area contributed by atoms with E-state index >= 15 is 8.78 Å². The molecular weight excluding hydrogens is 603 g/mol. The van der Waals surface area contributed by atoms with Gasteiger partial charge in [0.2, 0.25) is 5.12 Å². The molecule has 3 saturated carbocycles. The van der Waals surface area contributed by atoms with Crippen molar-refractivity contribution in [2.45, 2.75) is 75.5 Å². The number of allylic oxidation sites excluding steroid dienone is 4. The molecule has 3 N–H and O–H groups in total. The molecule has 0 bridgehead atoms. The number of benzene rings is 2. The van der Waals surface area contributed by atoms with E-state index in [4.69, 9.17) is 15.2 Å². The average molecular weight is 640 g/mol. The number of ketones is 1. The van der Waals surface area contributed by atoms with Gasteiger partial charge in [-0.15, -0.1) is 0 Å². The summed E-state index contributed by atoms with van der Waals surface area (Å²) >= 11 is 0.472. The lowest BCUT2D eigenvalue weighted by Gasteiger charge is -2.63. The van der Waals surface area contributed by atoms with E-state index in [0.29, 0.717) is 29.4 Å². The van der Waals surface area contributed by atoms with Crippen LogP contribution in [0.5, 0.6) is 0 Å². The van der Waals surface area contributed by atoms with Crippen LogP contribution in [0.2, 0.25) is 0 Å². The Kier molecular flexibility index (Phi) is 7.20. The minimum Gasteiger partial charge on any atom is -0.399 e. The first-order chi connectivity index (χ1) is 21.4. The molecule has 45 heavy (non-hydrogen) atoms. The summed E-state index contributed by atoms with van der Waals surface area (Å²) in [5, 5.41) is 11.1. The highest BCUT2D eigenvalue weighted by atomic mass is 32.2. The molecule has 0 amide bonds. The molecule has 2 aromatic rings. The molecule has 238 valence electrons. The molecule has 7 rings (SSSR count). The predicted molar refractivity (Wildman–Crippen MR) is 164 cm³/mol. The lowest BCUT2D eigenvalue weighted by atomic mass is 9.44. The summed E-state index contributed by atoms with van der Waals surface area (Å²) in [5.74, 6) is -2.05. The predicted octanol–water partition coefficient (Wildman–Crippen LogP) is 6.13. The van der Waals surface area contributed by atoms with Crippen LogP contribution in [0, 0.1) is 22.7 Å². The number of hydrogen-bond donors (Lipinski definition) is 2. The summed E-state index contributed by atoms with van der Waals surface area (Å²) in [5.41, 5.74) is 2.64. The van der Waals surface area contributed by atoms with Gasteiger partial charge in [-0.25, -0.2) is 13.2 Å². The molecule has 0 spiro atoms. The summed E-state index contributed by atoms with van der Waals surface area (Å²) in [6.45, 7) is 3.29. The monoisotopic (exact) mass is 639 g/mol. The molecular formula is C35H36F3NO5S. The molecule has 10 heteroatoms. The van der Waals surface area contributed by atoms with Gasteiger partial charge in [0.1, 0.15) is 12.2 Å². The Hall–Kier alpha value is -2.92. The number of rotatable bonds is 5.